The quantitative estimate of drug-likeness (QED) is 0.735. The molecule has 0 radical (unpaired) electrons. The zero-order chi connectivity index (χ0) is 15.2. The Morgan fingerprint density at radius 2 is 1.95 bits per heavy atom. The van der Waals surface area contributed by atoms with E-state index in [1.54, 1.807) is 0 Å². The van der Waals surface area contributed by atoms with Crippen LogP contribution in [-0.4, -0.2) is 66.9 Å². The van der Waals surface area contributed by atoms with E-state index in [0.717, 1.165) is 45.4 Å². The lowest BCUT2D eigenvalue weighted by Crippen LogP contribution is -2.51. The standard InChI is InChI=1S/C15H28N4O2/c1-12-3-2-8-18(9-12)15(21)11-19(10-14(16)20)13-4-6-17-7-5-13/h12-13,17H,2-11H2,1H3,(H2,16,20). The molecule has 0 spiro atoms. The minimum absolute atomic E-state index is 0.140. The number of piperidine rings is 2. The lowest BCUT2D eigenvalue weighted by atomic mass is 10.00. The summed E-state index contributed by atoms with van der Waals surface area (Å²) >= 11 is 0. The Kier molecular flexibility index (Phi) is 5.99. The summed E-state index contributed by atoms with van der Waals surface area (Å²) in [7, 11) is 0. The van der Waals surface area contributed by atoms with Crippen LogP contribution < -0.4 is 11.1 Å². The fourth-order valence-electron chi connectivity index (χ4n) is 3.38. The normalized spacial score (nSPS) is 24.3. The second-order valence-corrected chi connectivity index (χ2v) is 6.44. The van der Waals surface area contributed by atoms with Crippen molar-refractivity contribution in [1.29, 1.82) is 0 Å². The van der Waals surface area contributed by atoms with Gasteiger partial charge < -0.3 is 16.0 Å². The topological polar surface area (TPSA) is 78.7 Å². The molecule has 6 heteroatoms. The lowest BCUT2D eigenvalue weighted by Gasteiger charge is -2.36. The van der Waals surface area contributed by atoms with E-state index in [1.165, 1.54) is 6.42 Å². The summed E-state index contributed by atoms with van der Waals surface area (Å²) in [6.07, 6.45) is 4.22. The van der Waals surface area contributed by atoms with Crippen molar-refractivity contribution in [1.82, 2.24) is 15.1 Å². The van der Waals surface area contributed by atoms with Crippen molar-refractivity contribution in [3.05, 3.63) is 0 Å². The third-order valence-electron chi connectivity index (χ3n) is 4.53. The second-order valence-electron chi connectivity index (χ2n) is 6.44. The van der Waals surface area contributed by atoms with E-state index in [4.69, 9.17) is 5.73 Å². The SMILES string of the molecule is CC1CCCN(C(=O)CN(CC(N)=O)C2CCNCC2)C1. The van der Waals surface area contributed by atoms with E-state index >= 15 is 0 Å². The van der Waals surface area contributed by atoms with Crippen molar-refractivity contribution in [2.75, 3.05) is 39.3 Å². The fraction of sp³-hybridized carbons (Fsp3) is 0.867. The van der Waals surface area contributed by atoms with Gasteiger partial charge in [-0.05, 0) is 44.7 Å². The largest absolute Gasteiger partial charge is 0.369 e. The van der Waals surface area contributed by atoms with Crippen molar-refractivity contribution in [3.63, 3.8) is 0 Å². The zero-order valence-corrected chi connectivity index (χ0v) is 13.0. The molecule has 0 aromatic carbocycles. The Bertz CT molecular complexity index is 369. The number of nitrogens with one attached hydrogen (secondary N) is 1. The van der Waals surface area contributed by atoms with Crippen molar-refractivity contribution >= 4 is 11.8 Å². The van der Waals surface area contributed by atoms with Gasteiger partial charge in [0.1, 0.15) is 0 Å². The van der Waals surface area contributed by atoms with E-state index in [1.807, 2.05) is 9.80 Å². The van der Waals surface area contributed by atoms with E-state index in [-0.39, 0.29) is 24.4 Å². The molecule has 2 fully saturated rings. The van der Waals surface area contributed by atoms with E-state index < -0.39 is 0 Å². The van der Waals surface area contributed by atoms with Crippen molar-refractivity contribution in [2.24, 2.45) is 11.7 Å². The summed E-state index contributed by atoms with van der Waals surface area (Å²) in [5, 5.41) is 3.31. The van der Waals surface area contributed by atoms with Crippen LogP contribution >= 0.6 is 0 Å². The van der Waals surface area contributed by atoms with Crippen LogP contribution in [-0.2, 0) is 9.59 Å². The van der Waals surface area contributed by atoms with Gasteiger partial charge in [-0.2, -0.15) is 0 Å². The molecule has 6 nitrogen and oxygen atoms in total. The molecule has 2 saturated heterocycles. The van der Waals surface area contributed by atoms with E-state index in [2.05, 4.69) is 12.2 Å². The number of carbonyl (C=O) groups is 2. The van der Waals surface area contributed by atoms with Gasteiger partial charge >= 0.3 is 0 Å². The summed E-state index contributed by atoms with van der Waals surface area (Å²) in [6.45, 7) is 6.26. The first-order valence-electron chi connectivity index (χ1n) is 8.07. The van der Waals surface area contributed by atoms with Gasteiger partial charge in [-0.15, -0.1) is 0 Å². The summed E-state index contributed by atoms with van der Waals surface area (Å²) in [6, 6.07) is 0.282. The van der Waals surface area contributed by atoms with Crippen LogP contribution in [0.2, 0.25) is 0 Å². The minimum atomic E-state index is -0.353. The molecule has 2 aliphatic heterocycles. The Balaban J connectivity index is 1.93. The highest BCUT2D eigenvalue weighted by Crippen LogP contribution is 2.17. The Hall–Kier alpha value is -1.14. The summed E-state index contributed by atoms with van der Waals surface area (Å²) < 4.78 is 0. The maximum Gasteiger partial charge on any atom is 0.236 e. The van der Waals surface area contributed by atoms with Gasteiger partial charge in [-0.3, -0.25) is 14.5 Å². The number of likely N-dealkylation sites (tertiary alicyclic amines) is 1. The predicted octanol–water partition coefficient (Wildman–Crippen LogP) is -0.216. The number of rotatable bonds is 5. The van der Waals surface area contributed by atoms with Gasteiger partial charge in [-0.25, -0.2) is 0 Å². The number of carbonyl (C=O) groups excluding carboxylic acids is 2. The van der Waals surface area contributed by atoms with Crippen molar-refractivity contribution < 1.29 is 9.59 Å². The number of nitrogens with zero attached hydrogens (tertiary/aromatic N) is 2. The molecule has 0 saturated carbocycles. The minimum Gasteiger partial charge on any atom is -0.369 e. The second kappa shape index (κ2) is 7.75. The summed E-state index contributed by atoms with van der Waals surface area (Å²) in [5.41, 5.74) is 5.36. The van der Waals surface area contributed by atoms with Crippen LogP contribution in [0.5, 0.6) is 0 Å². The Morgan fingerprint density at radius 1 is 1.24 bits per heavy atom. The average Bonchev–Trinajstić information content (AvgIpc) is 2.47. The maximum atomic E-state index is 12.5. The van der Waals surface area contributed by atoms with Crippen molar-refractivity contribution in [3.8, 4) is 0 Å². The van der Waals surface area contributed by atoms with Crippen LogP contribution in [0.4, 0.5) is 0 Å². The highest BCUT2D eigenvalue weighted by Gasteiger charge is 2.27. The van der Waals surface area contributed by atoms with Gasteiger partial charge in [0, 0.05) is 19.1 Å². The number of hydrogen-bond acceptors (Lipinski definition) is 4. The molecule has 120 valence electrons. The Labute approximate surface area is 127 Å². The average molecular weight is 296 g/mol. The number of amides is 2. The molecule has 0 bridgehead atoms. The molecule has 0 aromatic heterocycles. The van der Waals surface area contributed by atoms with Crippen LogP contribution in [0.1, 0.15) is 32.6 Å². The maximum absolute atomic E-state index is 12.5. The third-order valence-corrected chi connectivity index (χ3v) is 4.53. The molecule has 2 amide bonds. The van der Waals surface area contributed by atoms with E-state index in [0.29, 0.717) is 12.5 Å². The predicted molar refractivity (Wildman–Crippen MR) is 81.6 cm³/mol. The smallest absolute Gasteiger partial charge is 0.236 e. The monoisotopic (exact) mass is 296 g/mol. The third kappa shape index (κ3) is 4.97. The Morgan fingerprint density at radius 3 is 2.57 bits per heavy atom. The molecule has 21 heavy (non-hydrogen) atoms. The molecule has 0 aliphatic carbocycles. The van der Waals surface area contributed by atoms with Crippen LogP contribution in [0.25, 0.3) is 0 Å². The molecule has 3 N–H and O–H groups in total. The molecule has 1 atom stereocenters. The van der Waals surface area contributed by atoms with Crippen LogP contribution in [0.15, 0.2) is 0 Å². The van der Waals surface area contributed by atoms with Gasteiger partial charge in [0.05, 0.1) is 13.1 Å². The van der Waals surface area contributed by atoms with Gasteiger partial charge in [0.25, 0.3) is 0 Å². The lowest BCUT2D eigenvalue weighted by molar-refractivity contribution is -0.135. The van der Waals surface area contributed by atoms with Gasteiger partial charge in [0.2, 0.25) is 11.8 Å². The molecular weight excluding hydrogens is 268 g/mol. The summed E-state index contributed by atoms with van der Waals surface area (Å²) in [5.74, 6) is 0.362. The molecule has 0 aromatic rings. The van der Waals surface area contributed by atoms with Crippen LogP contribution in [0, 0.1) is 5.92 Å². The molecule has 2 heterocycles. The van der Waals surface area contributed by atoms with Gasteiger partial charge in [-0.1, -0.05) is 6.92 Å². The number of hydrogen-bond donors (Lipinski definition) is 2. The highest BCUT2D eigenvalue weighted by molar-refractivity contribution is 5.80. The number of primary amides is 1. The van der Waals surface area contributed by atoms with Crippen LogP contribution in [0.3, 0.4) is 0 Å². The first kappa shape index (κ1) is 16.2. The number of nitrogens with two attached hydrogens (primary N) is 1. The highest BCUT2D eigenvalue weighted by atomic mass is 16.2. The molecule has 2 aliphatic rings. The zero-order valence-electron chi connectivity index (χ0n) is 13.0. The van der Waals surface area contributed by atoms with Crippen molar-refractivity contribution in [2.45, 2.75) is 38.6 Å². The molecule has 1 unspecified atom stereocenters. The van der Waals surface area contributed by atoms with Gasteiger partial charge in [0.15, 0.2) is 0 Å². The first-order chi connectivity index (χ1) is 10.1. The van der Waals surface area contributed by atoms with E-state index in [9.17, 15) is 9.59 Å². The summed E-state index contributed by atoms with van der Waals surface area (Å²) in [4.78, 5) is 27.7. The molecular formula is C15H28N4O2. The molecule has 2 rings (SSSR count). The fourth-order valence-corrected chi connectivity index (χ4v) is 3.38. The first-order valence-corrected chi connectivity index (χ1v) is 8.07.